The number of rotatable bonds is 5. The number of nitrogens with one attached hydrogen (secondary N) is 2. The number of unbranched alkanes of at least 4 members (excludes halogenated alkanes) is 1. The summed E-state index contributed by atoms with van der Waals surface area (Å²) in [4.78, 5) is 16.8. The first kappa shape index (κ1) is 19.5. The van der Waals surface area contributed by atoms with Crippen LogP contribution in [0.3, 0.4) is 0 Å². The van der Waals surface area contributed by atoms with Crippen molar-refractivity contribution in [3.63, 3.8) is 0 Å². The summed E-state index contributed by atoms with van der Waals surface area (Å²) in [5.41, 5.74) is 0.982. The fraction of sp³-hybridized carbons (Fsp3) is 0.667. The molecule has 1 atom stereocenters. The maximum Gasteiger partial charge on any atom is 0.393 e. The quantitative estimate of drug-likeness (QED) is 0.743. The highest BCUT2D eigenvalue weighted by atomic mass is 19.4. The van der Waals surface area contributed by atoms with E-state index in [0.717, 1.165) is 12.8 Å². The maximum absolute atomic E-state index is 13.1. The summed E-state index contributed by atoms with van der Waals surface area (Å²) in [6.07, 6.45) is -2.43. The molecule has 1 unspecified atom stereocenters. The van der Waals surface area contributed by atoms with E-state index in [4.69, 9.17) is 0 Å². The SMILES string of the molecule is CCCCC(=O)c1cc2c(c(NC(C)(C)C)n1)NCC(C(F)(F)F)C2. The van der Waals surface area contributed by atoms with Gasteiger partial charge in [-0.05, 0) is 45.2 Å². The van der Waals surface area contributed by atoms with E-state index in [2.05, 4.69) is 15.6 Å². The van der Waals surface area contributed by atoms with Crippen molar-refractivity contribution in [1.29, 1.82) is 0 Å². The van der Waals surface area contributed by atoms with E-state index in [0.29, 0.717) is 23.5 Å². The highest BCUT2D eigenvalue weighted by Gasteiger charge is 2.42. The van der Waals surface area contributed by atoms with Crippen LogP contribution in [0.25, 0.3) is 0 Å². The number of hydrogen-bond donors (Lipinski definition) is 2. The van der Waals surface area contributed by atoms with E-state index < -0.39 is 12.1 Å². The number of anilines is 2. The third-order valence-electron chi connectivity index (χ3n) is 4.09. The molecule has 0 aromatic carbocycles. The first-order valence-corrected chi connectivity index (χ1v) is 8.67. The van der Waals surface area contributed by atoms with Crippen LogP contribution < -0.4 is 10.6 Å². The van der Waals surface area contributed by atoms with Gasteiger partial charge in [0.15, 0.2) is 11.6 Å². The molecule has 2 rings (SSSR count). The Bertz CT molecular complexity index is 636. The Morgan fingerprint density at radius 2 is 2.04 bits per heavy atom. The molecule has 7 heteroatoms. The number of carbonyl (C=O) groups excluding carboxylic acids is 1. The Balaban J connectivity index is 2.41. The minimum atomic E-state index is -4.27. The topological polar surface area (TPSA) is 54.0 Å². The Morgan fingerprint density at radius 3 is 2.60 bits per heavy atom. The summed E-state index contributed by atoms with van der Waals surface area (Å²) in [6.45, 7) is 7.62. The Labute approximate surface area is 146 Å². The standard InChI is InChI=1S/C18H26F3N3O/c1-5-6-7-14(25)13-9-11-8-12(18(19,20)21)10-22-15(11)16(23-13)24-17(2,3)4/h9,12,22H,5-8,10H2,1-4H3,(H,23,24). The number of ketones is 1. The molecule has 0 aliphatic carbocycles. The lowest BCUT2D eigenvalue weighted by Crippen LogP contribution is -2.36. The second-order valence-corrected chi connectivity index (χ2v) is 7.62. The average Bonchev–Trinajstić information content (AvgIpc) is 2.49. The zero-order valence-electron chi connectivity index (χ0n) is 15.2. The summed E-state index contributed by atoms with van der Waals surface area (Å²) in [7, 11) is 0. The van der Waals surface area contributed by atoms with E-state index in [-0.39, 0.29) is 30.0 Å². The lowest BCUT2D eigenvalue weighted by Gasteiger charge is -2.31. The molecule has 0 saturated heterocycles. The first-order chi connectivity index (χ1) is 11.5. The lowest BCUT2D eigenvalue weighted by atomic mass is 9.92. The van der Waals surface area contributed by atoms with Gasteiger partial charge in [-0.15, -0.1) is 0 Å². The van der Waals surface area contributed by atoms with Crippen molar-refractivity contribution in [3.05, 3.63) is 17.3 Å². The average molecular weight is 357 g/mol. The Hall–Kier alpha value is -1.79. The molecule has 0 saturated carbocycles. The van der Waals surface area contributed by atoms with Crippen molar-refractivity contribution in [2.45, 2.75) is 65.1 Å². The summed E-state index contributed by atoms with van der Waals surface area (Å²) < 4.78 is 39.3. The van der Waals surface area contributed by atoms with E-state index in [9.17, 15) is 18.0 Å². The fourth-order valence-electron chi connectivity index (χ4n) is 2.80. The van der Waals surface area contributed by atoms with Crippen LogP contribution in [0.1, 0.15) is 63.0 Å². The van der Waals surface area contributed by atoms with Gasteiger partial charge >= 0.3 is 6.18 Å². The number of Topliss-reactive ketones (excluding diaryl/α,β-unsaturated/α-hetero) is 1. The number of aromatic nitrogens is 1. The van der Waals surface area contributed by atoms with E-state index in [1.807, 2.05) is 27.7 Å². The summed E-state index contributed by atoms with van der Waals surface area (Å²) in [6, 6.07) is 1.52. The van der Waals surface area contributed by atoms with Gasteiger partial charge in [0.1, 0.15) is 5.69 Å². The number of hydrogen-bond acceptors (Lipinski definition) is 4. The third kappa shape index (κ3) is 5.09. The number of halogens is 3. The predicted molar refractivity (Wildman–Crippen MR) is 93.2 cm³/mol. The van der Waals surface area contributed by atoms with Crippen LogP contribution in [0.15, 0.2) is 6.07 Å². The Morgan fingerprint density at radius 1 is 1.36 bits per heavy atom. The maximum atomic E-state index is 13.1. The number of carbonyl (C=O) groups is 1. The molecule has 1 aliphatic heterocycles. The summed E-state index contributed by atoms with van der Waals surface area (Å²) in [5, 5.41) is 6.07. The molecule has 140 valence electrons. The van der Waals surface area contributed by atoms with Crippen molar-refractivity contribution >= 4 is 17.3 Å². The molecular formula is C18H26F3N3O. The van der Waals surface area contributed by atoms with Gasteiger partial charge in [-0.2, -0.15) is 13.2 Å². The van der Waals surface area contributed by atoms with Gasteiger partial charge in [-0.3, -0.25) is 4.79 Å². The molecule has 2 heterocycles. The van der Waals surface area contributed by atoms with Crippen LogP contribution in [-0.2, 0) is 6.42 Å². The van der Waals surface area contributed by atoms with Gasteiger partial charge in [0.05, 0.1) is 11.6 Å². The van der Waals surface area contributed by atoms with Crippen molar-refractivity contribution < 1.29 is 18.0 Å². The predicted octanol–water partition coefficient (Wildman–Crippen LogP) is 4.81. The molecule has 25 heavy (non-hydrogen) atoms. The second-order valence-electron chi connectivity index (χ2n) is 7.62. The zero-order chi connectivity index (χ0) is 18.8. The molecule has 0 bridgehead atoms. The van der Waals surface area contributed by atoms with E-state index in [1.165, 1.54) is 6.07 Å². The molecule has 4 nitrogen and oxygen atoms in total. The van der Waals surface area contributed by atoms with Crippen LogP contribution in [-0.4, -0.2) is 29.0 Å². The first-order valence-electron chi connectivity index (χ1n) is 8.67. The summed E-state index contributed by atoms with van der Waals surface area (Å²) in [5.74, 6) is -1.13. The molecular weight excluding hydrogens is 331 g/mol. The van der Waals surface area contributed by atoms with Crippen LogP contribution in [0.5, 0.6) is 0 Å². The molecule has 1 aromatic rings. The minimum Gasteiger partial charge on any atom is -0.381 e. The highest BCUT2D eigenvalue weighted by molar-refractivity contribution is 5.95. The van der Waals surface area contributed by atoms with Crippen LogP contribution >= 0.6 is 0 Å². The van der Waals surface area contributed by atoms with Crippen LogP contribution in [0.2, 0.25) is 0 Å². The number of alkyl halides is 3. The van der Waals surface area contributed by atoms with Crippen molar-refractivity contribution in [2.24, 2.45) is 5.92 Å². The van der Waals surface area contributed by atoms with Crippen LogP contribution in [0.4, 0.5) is 24.7 Å². The van der Waals surface area contributed by atoms with Crippen molar-refractivity contribution in [3.8, 4) is 0 Å². The normalized spacial score (nSPS) is 17.6. The van der Waals surface area contributed by atoms with Gasteiger partial charge in [0, 0.05) is 18.5 Å². The number of fused-ring (bicyclic) bond motifs is 1. The van der Waals surface area contributed by atoms with Crippen molar-refractivity contribution in [1.82, 2.24) is 4.98 Å². The third-order valence-corrected chi connectivity index (χ3v) is 4.09. The minimum absolute atomic E-state index is 0.129. The van der Waals surface area contributed by atoms with Gasteiger partial charge in [-0.1, -0.05) is 13.3 Å². The zero-order valence-corrected chi connectivity index (χ0v) is 15.2. The van der Waals surface area contributed by atoms with E-state index >= 15 is 0 Å². The second kappa shape index (κ2) is 7.22. The fourth-order valence-corrected chi connectivity index (χ4v) is 2.80. The molecule has 0 amide bonds. The smallest absolute Gasteiger partial charge is 0.381 e. The summed E-state index contributed by atoms with van der Waals surface area (Å²) >= 11 is 0. The number of pyridine rings is 1. The monoisotopic (exact) mass is 357 g/mol. The largest absolute Gasteiger partial charge is 0.393 e. The molecule has 0 spiro atoms. The lowest BCUT2D eigenvalue weighted by molar-refractivity contribution is -0.170. The van der Waals surface area contributed by atoms with Crippen molar-refractivity contribution in [2.75, 3.05) is 17.2 Å². The van der Waals surface area contributed by atoms with Gasteiger partial charge in [0.2, 0.25) is 0 Å². The Kier molecular flexibility index (Phi) is 5.64. The van der Waals surface area contributed by atoms with Gasteiger partial charge in [0.25, 0.3) is 0 Å². The van der Waals surface area contributed by atoms with Gasteiger partial charge in [-0.25, -0.2) is 4.98 Å². The molecule has 1 aliphatic rings. The molecule has 2 N–H and O–H groups in total. The molecule has 0 fully saturated rings. The molecule has 1 aromatic heterocycles. The molecule has 0 radical (unpaired) electrons. The highest BCUT2D eigenvalue weighted by Crippen LogP contribution is 2.38. The van der Waals surface area contributed by atoms with Crippen LogP contribution in [0, 0.1) is 5.92 Å². The van der Waals surface area contributed by atoms with Gasteiger partial charge < -0.3 is 10.6 Å². The number of nitrogens with zero attached hydrogens (tertiary/aromatic N) is 1. The van der Waals surface area contributed by atoms with E-state index in [1.54, 1.807) is 0 Å².